The van der Waals surface area contributed by atoms with Gasteiger partial charge in [0.1, 0.15) is 18.2 Å². The monoisotopic (exact) mass is 495 g/mol. The molecule has 0 unspecified atom stereocenters. The Kier molecular flexibility index (Phi) is 8.15. The van der Waals surface area contributed by atoms with Crippen molar-refractivity contribution in [1.29, 1.82) is 0 Å². The Bertz CT molecular complexity index is 1170. The van der Waals surface area contributed by atoms with E-state index in [1.54, 1.807) is 6.92 Å². The van der Waals surface area contributed by atoms with Gasteiger partial charge in [0.15, 0.2) is 21.4 Å². The first-order valence-corrected chi connectivity index (χ1v) is 12.5. The molecular weight excluding hydrogens is 469 g/mol. The number of halogens is 1. The van der Waals surface area contributed by atoms with Gasteiger partial charge in [-0.2, -0.15) is 0 Å². The van der Waals surface area contributed by atoms with Crippen LogP contribution in [-0.4, -0.2) is 72.1 Å². The van der Waals surface area contributed by atoms with Crippen LogP contribution in [-0.2, 0) is 19.4 Å². The third kappa shape index (κ3) is 6.94. The third-order valence-corrected chi connectivity index (χ3v) is 6.47. The van der Waals surface area contributed by atoms with Gasteiger partial charge in [-0.1, -0.05) is 0 Å². The van der Waals surface area contributed by atoms with Gasteiger partial charge in [0.25, 0.3) is 0 Å². The number of carboxylic acids is 1. The number of Topliss-reactive ketones (excluding diaryl/α,β-unsaturated/α-hetero) is 1. The molecule has 0 bridgehead atoms. The van der Waals surface area contributed by atoms with E-state index in [9.17, 15) is 22.4 Å². The van der Waals surface area contributed by atoms with Gasteiger partial charge in [-0.25, -0.2) is 22.8 Å². The highest BCUT2D eigenvalue weighted by atomic mass is 32.2. The minimum atomic E-state index is -3.55. The molecule has 0 atom stereocenters. The molecule has 1 aliphatic rings. The van der Waals surface area contributed by atoms with Crippen LogP contribution in [0.2, 0.25) is 0 Å². The standard InChI is InChI=1S/C22H26FN3O7S/c1-14-21(32-16-7-9-26(10-8-16)12-15(27)3-6-20(28)29)24-13-25-22(14)33-19-5-4-17(11-18(19)23)34(2,30)31/h4-5,11,13,16H,3,6-10,12H2,1-2H3,(H,28,29). The Hall–Kier alpha value is -3.12. The van der Waals surface area contributed by atoms with E-state index < -0.39 is 21.6 Å². The maximum absolute atomic E-state index is 14.4. The van der Waals surface area contributed by atoms with E-state index in [2.05, 4.69) is 9.97 Å². The van der Waals surface area contributed by atoms with Crippen LogP contribution in [0.3, 0.4) is 0 Å². The fourth-order valence-electron chi connectivity index (χ4n) is 3.46. The first-order chi connectivity index (χ1) is 16.0. The van der Waals surface area contributed by atoms with Crippen LogP contribution in [0.25, 0.3) is 0 Å². The van der Waals surface area contributed by atoms with Crippen molar-refractivity contribution in [3.63, 3.8) is 0 Å². The van der Waals surface area contributed by atoms with Gasteiger partial charge in [-0.15, -0.1) is 0 Å². The first kappa shape index (κ1) is 25.5. The molecule has 12 heteroatoms. The van der Waals surface area contributed by atoms with Gasteiger partial charge < -0.3 is 14.6 Å². The number of ether oxygens (including phenoxy) is 2. The van der Waals surface area contributed by atoms with Crippen molar-refractivity contribution in [3.8, 4) is 17.5 Å². The van der Waals surface area contributed by atoms with E-state index in [0.29, 0.717) is 31.5 Å². The second-order valence-electron chi connectivity index (χ2n) is 8.10. The molecule has 1 aliphatic heterocycles. The van der Waals surface area contributed by atoms with Gasteiger partial charge in [0, 0.05) is 25.8 Å². The minimum Gasteiger partial charge on any atom is -0.481 e. The largest absolute Gasteiger partial charge is 0.481 e. The van der Waals surface area contributed by atoms with Crippen molar-refractivity contribution in [2.75, 3.05) is 25.9 Å². The van der Waals surface area contributed by atoms with Crippen LogP contribution < -0.4 is 9.47 Å². The van der Waals surface area contributed by atoms with E-state index in [0.717, 1.165) is 12.3 Å². The second kappa shape index (κ2) is 10.9. The fraction of sp³-hybridized carbons (Fsp3) is 0.455. The molecule has 1 saturated heterocycles. The molecule has 34 heavy (non-hydrogen) atoms. The summed E-state index contributed by atoms with van der Waals surface area (Å²) in [5, 5.41) is 8.68. The van der Waals surface area contributed by atoms with Gasteiger partial charge in [0.05, 0.1) is 23.4 Å². The van der Waals surface area contributed by atoms with E-state index in [1.807, 2.05) is 4.90 Å². The number of hydrogen-bond acceptors (Lipinski definition) is 9. The highest BCUT2D eigenvalue weighted by Gasteiger charge is 2.24. The number of ketones is 1. The summed E-state index contributed by atoms with van der Waals surface area (Å²) < 4.78 is 49.1. The van der Waals surface area contributed by atoms with E-state index in [4.69, 9.17) is 14.6 Å². The molecule has 1 fully saturated rings. The molecule has 0 spiro atoms. The summed E-state index contributed by atoms with van der Waals surface area (Å²) in [6.45, 7) is 3.13. The number of carboxylic acid groups (broad SMARTS) is 1. The van der Waals surface area contributed by atoms with Crippen molar-refractivity contribution in [2.24, 2.45) is 0 Å². The van der Waals surface area contributed by atoms with Crippen LogP contribution in [0.5, 0.6) is 17.5 Å². The van der Waals surface area contributed by atoms with E-state index in [1.165, 1.54) is 18.5 Å². The number of carbonyl (C=O) groups excluding carboxylic acids is 1. The molecule has 2 aromatic rings. The van der Waals surface area contributed by atoms with Crippen LogP contribution >= 0.6 is 0 Å². The smallest absolute Gasteiger partial charge is 0.303 e. The van der Waals surface area contributed by atoms with Gasteiger partial charge in [-0.05, 0) is 38.0 Å². The zero-order valence-corrected chi connectivity index (χ0v) is 19.7. The highest BCUT2D eigenvalue weighted by molar-refractivity contribution is 7.90. The quantitative estimate of drug-likeness (QED) is 0.523. The van der Waals surface area contributed by atoms with Crippen LogP contribution in [0, 0.1) is 12.7 Å². The molecule has 184 valence electrons. The average molecular weight is 496 g/mol. The number of benzene rings is 1. The lowest BCUT2D eigenvalue weighted by Gasteiger charge is -2.31. The van der Waals surface area contributed by atoms with Crippen molar-refractivity contribution >= 4 is 21.6 Å². The molecule has 1 aromatic carbocycles. The molecule has 3 rings (SSSR count). The summed E-state index contributed by atoms with van der Waals surface area (Å²) in [6.07, 6.45) is 3.21. The molecule has 1 aromatic heterocycles. The molecule has 0 aliphatic carbocycles. The molecule has 0 radical (unpaired) electrons. The number of nitrogens with zero attached hydrogens (tertiary/aromatic N) is 3. The first-order valence-electron chi connectivity index (χ1n) is 10.6. The van der Waals surface area contributed by atoms with Crippen LogP contribution in [0.15, 0.2) is 29.4 Å². The zero-order valence-electron chi connectivity index (χ0n) is 18.9. The molecule has 0 amide bonds. The summed E-state index contributed by atoms with van der Waals surface area (Å²) in [6, 6.07) is 3.36. The van der Waals surface area contributed by atoms with E-state index in [-0.39, 0.29) is 53.7 Å². The fourth-order valence-corrected chi connectivity index (χ4v) is 4.09. The number of likely N-dealkylation sites (tertiary alicyclic amines) is 1. The summed E-state index contributed by atoms with van der Waals surface area (Å²) in [5.74, 6) is -1.74. The predicted molar refractivity (Wildman–Crippen MR) is 118 cm³/mol. The Morgan fingerprint density at radius 3 is 2.47 bits per heavy atom. The Morgan fingerprint density at radius 1 is 1.18 bits per heavy atom. The normalized spacial score (nSPS) is 15.1. The summed E-state index contributed by atoms with van der Waals surface area (Å²) in [7, 11) is -3.55. The van der Waals surface area contributed by atoms with E-state index >= 15 is 0 Å². The van der Waals surface area contributed by atoms with Crippen molar-refractivity contribution in [1.82, 2.24) is 14.9 Å². The third-order valence-electron chi connectivity index (χ3n) is 5.36. The van der Waals surface area contributed by atoms with Crippen LogP contribution in [0.4, 0.5) is 4.39 Å². The number of carbonyl (C=O) groups is 2. The second-order valence-corrected chi connectivity index (χ2v) is 10.1. The number of sulfone groups is 1. The van der Waals surface area contributed by atoms with Crippen LogP contribution in [0.1, 0.15) is 31.2 Å². The number of rotatable bonds is 10. The highest BCUT2D eigenvalue weighted by Crippen LogP contribution is 2.31. The minimum absolute atomic E-state index is 0.0201. The molecular formula is C22H26FN3O7S. The maximum atomic E-state index is 14.4. The average Bonchev–Trinajstić information content (AvgIpc) is 2.77. The van der Waals surface area contributed by atoms with Gasteiger partial charge >= 0.3 is 5.97 Å². The topological polar surface area (TPSA) is 136 Å². The Labute approximate surface area is 196 Å². The van der Waals surface area contributed by atoms with Crippen molar-refractivity contribution < 1.29 is 37.0 Å². The summed E-state index contributed by atoms with van der Waals surface area (Å²) >= 11 is 0. The number of aromatic nitrogens is 2. The molecule has 1 N–H and O–H groups in total. The lowest BCUT2D eigenvalue weighted by molar-refractivity contribution is -0.138. The number of aliphatic carboxylic acids is 1. The number of hydrogen-bond donors (Lipinski definition) is 1. The molecule has 0 saturated carbocycles. The number of piperidine rings is 1. The Balaban J connectivity index is 1.59. The maximum Gasteiger partial charge on any atom is 0.303 e. The Morgan fingerprint density at radius 2 is 1.85 bits per heavy atom. The summed E-state index contributed by atoms with van der Waals surface area (Å²) in [4.78, 5) is 32.5. The molecule has 2 heterocycles. The lowest BCUT2D eigenvalue weighted by Crippen LogP contribution is -2.41. The van der Waals surface area contributed by atoms with Gasteiger partial charge in [0.2, 0.25) is 11.8 Å². The summed E-state index contributed by atoms with van der Waals surface area (Å²) in [5.41, 5.74) is 0.459. The predicted octanol–water partition coefficient (Wildman–Crippen LogP) is 2.40. The van der Waals surface area contributed by atoms with Crippen molar-refractivity contribution in [2.45, 2.75) is 43.6 Å². The van der Waals surface area contributed by atoms with Gasteiger partial charge in [-0.3, -0.25) is 14.5 Å². The molecule has 10 nitrogen and oxygen atoms in total. The SMILES string of the molecule is Cc1c(Oc2ccc(S(C)(=O)=O)cc2F)ncnc1OC1CCN(CC(=O)CCC(=O)O)CC1. The van der Waals surface area contributed by atoms with Crippen molar-refractivity contribution in [3.05, 3.63) is 35.9 Å². The zero-order chi connectivity index (χ0) is 24.9. The lowest BCUT2D eigenvalue weighted by atomic mass is 10.1.